The predicted molar refractivity (Wildman–Crippen MR) is 116 cm³/mol. The van der Waals surface area contributed by atoms with Gasteiger partial charge in [0.25, 0.3) is 5.91 Å². The molecule has 2 heterocycles. The lowest BCUT2D eigenvalue weighted by Crippen LogP contribution is -2.42. The van der Waals surface area contributed by atoms with Crippen LogP contribution in [-0.4, -0.2) is 23.3 Å². The molecule has 2 amide bonds. The first-order valence-electron chi connectivity index (χ1n) is 9.66. The van der Waals surface area contributed by atoms with Crippen LogP contribution in [0.3, 0.4) is 0 Å². The summed E-state index contributed by atoms with van der Waals surface area (Å²) in [4.78, 5) is 31.4. The molecule has 0 radical (unpaired) electrons. The molecule has 0 spiro atoms. The number of rotatable bonds is 6. The Morgan fingerprint density at radius 2 is 1.83 bits per heavy atom. The monoisotopic (exact) mass is 421 g/mol. The topological polar surface area (TPSA) is 71.5 Å². The van der Waals surface area contributed by atoms with Crippen molar-refractivity contribution < 1.29 is 14.3 Å². The first-order chi connectivity index (χ1) is 14.6. The highest BCUT2D eigenvalue weighted by molar-refractivity contribution is 6.33. The number of pyridine rings is 1. The molecule has 0 saturated carbocycles. The molecule has 1 atom stereocenters. The highest BCUT2D eigenvalue weighted by Gasteiger charge is 2.36. The van der Waals surface area contributed by atoms with Gasteiger partial charge in [0.1, 0.15) is 0 Å². The number of aromatic nitrogens is 1. The number of nitrogens with zero attached hydrogens (tertiary/aromatic N) is 2. The zero-order valence-electron chi connectivity index (χ0n) is 16.1. The van der Waals surface area contributed by atoms with E-state index in [-0.39, 0.29) is 18.2 Å². The molecule has 2 aromatic carbocycles. The number of anilines is 2. The summed E-state index contributed by atoms with van der Waals surface area (Å²) < 4.78 is 5.93. The number of hydrogen-bond donors (Lipinski definition) is 1. The number of fused-ring (bicyclic) bond motifs is 1. The molecule has 1 N–H and O–H groups in total. The maximum absolute atomic E-state index is 13.1. The third-order valence-electron chi connectivity index (χ3n) is 4.78. The second-order valence-corrected chi connectivity index (χ2v) is 7.26. The van der Waals surface area contributed by atoms with Gasteiger partial charge in [0.05, 0.1) is 10.7 Å². The summed E-state index contributed by atoms with van der Waals surface area (Å²) in [5, 5.41) is 3.28. The fraction of sp³-hybridized carbons (Fsp3) is 0.174. The molecule has 0 bridgehead atoms. The normalized spacial score (nSPS) is 15.3. The fourth-order valence-corrected chi connectivity index (χ4v) is 3.51. The summed E-state index contributed by atoms with van der Waals surface area (Å²) in [6, 6.07) is 20.0. The Balaban J connectivity index is 1.45. The third kappa shape index (κ3) is 4.28. The van der Waals surface area contributed by atoms with Crippen molar-refractivity contribution in [3.05, 3.63) is 83.5 Å². The molecule has 6 nitrogen and oxygen atoms in total. The van der Waals surface area contributed by atoms with Crippen LogP contribution in [0.4, 0.5) is 11.5 Å². The molecule has 152 valence electrons. The Morgan fingerprint density at radius 1 is 1.07 bits per heavy atom. The van der Waals surface area contributed by atoms with Crippen LogP contribution in [0.2, 0.25) is 5.02 Å². The van der Waals surface area contributed by atoms with E-state index in [1.54, 1.807) is 47.5 Å². The molecule has 30 heavy (non-hydrogen) atoms. The molecule has 0 unspecified atom stereocenters. The van der Waals surface area contributed by atoms with E-state index in [0.717, 1.165) is 5.56 Å². The van der Waals surface area contributed by atoms with Crippen LogP contribution in [-0.2, 0) is 9.59 Å². The Morgan fingerprint density at radius 3 is 2.63 bits per heavy atom. The quantitative estimate of drug-likeness (QED) is 0.630. The van der Waals surface area contributed by atoms with Crippen molar-refractivity contribution in [2.75, 3.05) is 16.8 Å². The van der Waals surface area contributed by atoms with Gasteiger partial charge in [-0.05, 0) is 30.7 Å². The smallest absolute Gasteiger partial charge is 0.274 e. The molecule has 0 aliphatic carbocycles. The van der Waals surface area contributed by atoms with E-state index in [1.807, 2.05) is 30.3 Å². The molecule has 1 aromatic heterocycles. The third-order valence-corrected chi connectivity index (χ3v) is 5.11. The predicted octanol–water partition coefficient (Wildman–Crippen LogP) is 4.62. The lowest BCUT2D eigenvalue weighted by Gasteiger charge is -2.33. The highest BCUT2D eigenvalue weighted by Crippen LogP contribution is 2.37. The minimum Gasteiger partial charge on any atom is -0.472 e. The zero-order chi connectivity index (χ0) is 20.9. The van der Waals surface area contributed by atoms with Gasteiger partial charge in [-0.3, -0.25) is 14.5 Å². The van der Waals surface area contributed by atoms with Crippen molar-refractivity contribution >= 4 is 34.9 Å². The van der Waals surface area contributed by atoms with Gasteiger partial charge in [-0.15, -0.1) is 0 Å². The summed E-state index contributed by atoms with van der Waals surface area (Å²) >= 11 is 6.08. The lowest BCUT2D eigenvalue weighted by atomic mass is 10.1. The average Bonchev–Trinajstić information content (AvgIpc) is 2.77. The summed E-state index contributed by atoms with van der Waals surface area (Å²) in [7, 11) is 0. The van der Waals surface area contributed by atoms with Crippen molar-refractivity contribution in [1.29, 1.82) is 0 Å². The van der Waals surface area contributed by atoms with Crippen LogP contribution in [0.5, 0.6) is 5.75 Å². The van der Waals surface area contributed by atoms with Crippen molar-refractivity contribution in [1.82, 2.24) is 4.98 Å². The van der Waals surface area contributed by atoms with E-state index in [9.17, 15) is 9.59 Å². The van der Waals surface area contributed by atoms with Gasteiger partial charge in [0.15, 0.2) is 11.6 Å². The summed E-state index contributed by atoms with van der Waals surface area (Å²) in [5.74, 6) is 0.663. The van der Waals surface area contributed by atoms with Gasteiger partial charge < -0.3 is 10.1 Å². The molecule has 1 aliphatic heterocycles. The fourth-order valence-electron chi connectivity index (χ4n) is 3.33. The van der Waals surface area contributed by atoms with E-state index in [4.69, 9.17) is 16.3 Å². The van der Waals surface area contributed by atoms with Crippen molar-refractivity contribution in [2.45, 2.75) is 18.9 Å². The van der Waals surface area contributed by atoms with E-state index < -0.39 is 6.10 Å². The molecule has 3 aromatic rings. The lowest BCUT2D eigenvalue weighted by molar-refractivity contribution is -0.127. The molecule has 4 rings (SSSR count). The zero-order valence-corrected chi connectivity index (χ0v) is 16.9. The summed E-state index contributed by atoms with van der Waals surface area (Å²) in [5.41, 5.74) is 1.35. The minimum absolute atomic E-state index is 0.162. The maximum atomic E-state index is 13.1. The Bertz CT molecular complexity index is 1060. The van der Waals surface area contributed by atoms with Gasteiger partial charge in [0, 0.05) is 24.7 Å². The number of benzene rings is 2. The van der Waals surface area contributed by atoms with E-state index in [2.05, 4.69) is 10.3 Å². The maximum Gasteiger partial charge on any atom is 0.274 e. The largest absolute Gasteiger partial charge is 0.472 e. The average molecular weight is 422 g/mol. The van der Waals surface area contributed by atoms with Crippen molar-refractivity contribution in [2.24, 2.45) is 0 Å². The van der Waals surface area contributed by atoms with Crippen LogP contribution in [0.1, 0.15) is 24.5 Å². The molecule has 0 fully saturated rings. The second kappa shape index (κ2) is 8.97. The molecular weight excluding hydrogens is 402 g/mol. The number of para-hydroxylation sites is 1. The van der Waals surface area contributed by atoms with Gasteiger partial charge in [-0.2, -0.15) is 0 Å². The Kier molecular flexibility index (Phi) is 5.95. The summed E-state index contributed by atoms with van der Waals surface area (Å²) in [6.45, 7) is 0.353. The van der Waals surface area contributed by atoms with Crippen LogP contribution in [0.15, 0.2) is 72.9 Å². The van der Waals surface area contributed by atoms with Gasteiger partial charge >= 0.3 is 0 Å². The van der Waals surface area contributed by atoms with E-state index in [1.165, 1.54) is 0 Å². The van der Waals surface area contributed by atoms with Gasteiger partial charge in [-0.25, -0.2) is 4.98 Å². The first kappa shape index (κ1) is 19.9. The number of hydrogen-bond acceptors (Lipinski definition) is 4. The Hall–Kier alpha value is -3.38. The number of carbonyl (C=O) groups excluding carboxylic acids is 2. The number of ether oxygens (including phenoxy) is 1. The van der Waals surface area contributed by atoms with Crippen molar-refractivity contribution in [3.63, 3.8) is 0 Å². The SMILES string of the molecule is O=C(CCCN1C(=O)[C@H](c2ccccc2)Oc2cccnc21)Nc1ccccc1Cl. The van der Waals surface area contributed by atoms with E-state index >= 15 is 0 Å². The van der Waals surface area contributed by atoms with Crippen LogP contribution >= 0.6 is 11.6 Å². The number of halogens is 1. The number of amides is 2. The first-order valence-corrected chi connectivity index (χ1v) is 10.0. The Labute approximate surface area is 179 Å². The summed E-state index contributed by atoms with van der Waals surface area (Å²) in [6.07, 6.45) is 1.60. The van der Waals surface area contributed by atoms with Crippen molar-refractivity contribution in [3.8, 4) is 5.75 Å². The molecule has 0 saturated heterocycles. The highest BCUT2D eigenvalue weighted by atomic mass is 35.5. The van der Waals surface area contributed by atoms with Crippen LogP contribution in [0.25, 0.3) is 0 Å². The standard InChI is InChI=1S/C23H20ClN3O3/c24-17-10-4-5-11-18(17)26-20(28)13-7-15-27-22-19(12-6-14-25-22)30-21(23(27)29)16-8-2-1-3-9-16/h1-6,8-12,14,21H,7,13,15H2,(H,26,28)/t21-/m0/s1. The molecule has 7 heteroatoms. The molecule has 1 aliphatic rings. The molecular formula is C23H20ClN3O3. The van der Waals surface area contributed by atoms with Gasteiger partial charge in [-0.1, -0.05) is 54.1 Å². The van der Waals surface area contributed by atoms with Gasteiger partial charge in [0.2, 0.25) is 12.0 Å². The van der Waals surface area contributed by atoms with E-state index in [0.29, 0.717) is 35.2 Å². The van der Waals surface area contributed by atoms with Crippen LogP contribution in [0, 0.1) is 0 Å². The second-order valence-electron chi connectivity index (χ2n) is 6.86. The van der Waals surface area contributed by atoms with Crippen LogP contribution < -0.4 is 15.0 Å². The number of nitrogens with one attached hydrogen (secondary N) is 1. The number of carbonyl (C=O) groups is 2. The minimum atomic E-state index is -0.736.